The van der Waals surface area contributed by atoms with Crippen molar-refractivity contribution in [2.45, 2.75) is 20.5 Å². The first-order chi connectivity index (χ1) is 13.1. The maximum Gasteiger partial charge on any atom is 0.282 e. The van der Waals surface area contributed by atoms with Crippen molar-refractivity contribution < 1.29 is 4.74 Å². The molecule has 0 radical (unpaired) electrons. The lowest BCUT2D eigenvalue weighted by molar-refractivity contribution is 0.185. The Hall–Kier alpha value is -3.25. The summed E-state index contributed by atoms with van der Waals surface area (Å²) in [6.45, 7) is 4.51. The van der Waals surface area contributed by atoms with Gasteiger partial charge in [-0.25, -0.2) is 4.98 Å². The van der Waals surface area contributed by atoms with E-state index in [1.807, 2.05) is 44.2 Å². The molecule has 0 atom stereocenters. The number of hydrogen-bond donors (Lipinski definition) is 0. The molecule has 27 heavy (non-hydrogen) atoms. The second-order valence-electron chi connectivity index (χ2n) is 6.45. The van der Waals surface area contributed by atoms with Crippen molar-refractivity contribution in [3.05, 3.63) is 82.2 Å². The lowest BCUT2D eigenvalue weighted by atomic mass is 10.2. The van der Waals surface area contributed by atoms with Crippen molar-refractivity contribution in [3.8, 4) is 11.5 Å². The van der Waals surface area contributed by atoms with Crippen LogP contribution in [-0.2, 0) is 11.3 Å². The zero-order valence-corrected chi connectivity index (χ0v) is 15.5. The summed E-state index contributed by atoms with van der Waals surface area (Å²) in [5.41, 5.74) is 3.78. The van der Waals surface area contributed by atoms with E-state index in [1.54, 1.807) is 25.6 Å². The van der Waals surface area contributed by atoms with Gasteiger partial charge in [-0.2, -0.15) is 9.78 Å². The molecule has 4 rings (SSSR count). The third-order valence-corrected chi connectivity index (χ3v) is 4.75. The van der Waals surface area contributed by atoms with Crippen LogP contribution in [0.25, 0.3) is 22.3 Å². The lowest BCUT2D eigenvalue weighted by Crippen LogP contribution is -2.21. The SMILES string of the molecule is COCc1cccc(-n2c(C)c3cnn(-c4ccccn4)c(=O)c3c2C)c1. The van der Waals surface area contributed by atoms with Crippen LogP contribution in [0.15, 0.2) is 59.7 Å². The normalized spacial score (nSPS) is 11.2. The van der Waals surface area contributed by atoms with Crippen LogP contribution in [0.1, 0.15) is 17.0 Å². The van der Waals surface area contributed by atoms with E-state index < -0.39 is 0 Å². The van der Waals surface area contributed by atoms with E-state index >= 15 is 0 Å². The zero-order valence-electron chi connectivity index (χ0n) is 15.5. The molecule has 0 fully saturated rings. The average molecular weight is 360 g/mol. The Morgan fingerprint density at radius 2 is 1.93 bits per heavy atom. The van der Waals surface area contributed by atoms with E-state index in [0.717, 1.165) is 28.0 Å². The van der Waals surface area contributed by atoms with Gasteiger partial charge in [-0.15, -0.1) is 0 Å². The highest BCUT2D eigenvalue weighted by molar-refractivity contribution is 5.88. The first-order valence-electron chi connectivity index (χ1n) is 8.71. The van der Waals surface area contributed by atoms with Gasteiger partial charge in [-0.05, 0) is 43.7 Å². The molecule has 0 N–H and O–H groups in total. The van der Waals surface area contributed by atoms with Gasteiger partial charge in [0.1, 0.15) is 0 Å². The predicted molar refractivity (Wildman–Crippen MR) is 105 cm³/mol. The van der Waals surface area contributed by atoms with Gasteiger partial charge < -0.3 is 9.30 Å². The summed E-state index contributed by atoms with van der Waals surface area (Å²) in [4.78, 5) is 17.4. The van der Waals surface area contributed by atoms with E-state index in [1.165, 1.54) is 4.68 Å². The minimum Gasteiger partial charge on any atom is -0.380 e. The molecule has 0 amide bonds. The van der Waals surface area contributed by atoms with Gasteiger partial charge in [-0.1, -0.05) is 18.2 Å². The first kappa shape index (κ1) is 17.2. The first-order valence-corrected chi connectivity index (χ1v) is 8.71. The number of nitrogens with zero attached hydrogens (tertiary/aromatic N) is 4. The molecule has 0 aliphatic carbocycles. The Balaban J connectivity index is 1.96. The van der Waals surface area contributed by atoms with Gasteiger partial charge in [0.05, 0.1) is 18.2 Å². The quantitative estimate of drug-likeness (QED) is 0.560. The van der Waals surface area contributed by atoms with E-state index in [9.17, 15) is 4.79 Å². The number of methoxy groups -OCH3 is 1. The second kappa shape index (κ2) is 6.81. The van der Waals surface area contributed by atoms with Gasteiger partial charge in [0.2, 0.25) is 0 Å². The molecule has 4 aromatic rings. The van der Waals surface area contributed by atoms with Crippen LogP contribution in [0.4, 0.5) is 0 Å². The fraction of sp³-hybridized carbons (Fsp3) is 0.190. The van der Waals surface area contributed by atoms with Crippen LogP contribution in [0.3, 0.4) is 0 Å². The number of rotatable bonds is 4. The fourth-order valence-electron chi connectivity index (χ4n) is 3.54. The van der Waals surface area contributed by atoms with Gasteiger partial charge in [0.15, 0.2) is 5.82 Å². The molecule has 1 aromatic carbocycles. The van der Waals surface area contributed by atoms with Crippen molar-refractivity contribution in [2.24, 2.45) is 0 Å². The molecule has 3 aromatic heterocycles. The van der Waals surface area contributed by atoms with E-state index in [-0.39, 0.29) is 5.56 Å². The van der Waals surface area contributed by atoms with E-state index in [0.29, 0.717) is 17.8 Å². The minimum absolute atomic E-state index is 0.168. The number of fused-ring (bicyclic) bond motifs is 1. The molecule has 0 bridgehead atoms. The van der Waals surface area contributed by atoms with Crippen LogP contribution < -0.4 is 5.56 Å². The average Bonchev–Trinajstić information content (AvgIpc) is 2.94. The van der Waals surface area contributed by atoms with Gasteiger partial charge in [0.25, 0.3) is 5.56 Å². The number of aromatic nitrogens is 4. The Morgan fingerprint density at radius 3 is 2.67 bits per heavy atom. The molecular weight excluding hydrogens is 340 g/mol. The van der Waals surface area contributed by atoms with Gasteiger partial charge >= 0.3 is 0 Å². The summed E-state index contributed by atoms with van der Waals surface area (Å²) in [5.74, 6) is 0.510. The summed E-state index contributed by atoms with van der Waals surface area (Å²) in [6.07, 6.45) is 3.39. The molecule has 0 saturated carbocycles. The van der Waals surface area contributed by atoms with Crippen LogP contribution in [0.5, 0.6) is 0 Å². The summed E-state index contributed by atoms with van der Waals surface area (Å²) in [5, 5.41) is 5.85. The Kier molecular flexibility index (Phi) is 4.33. The summed E-state index contributed by atoms with van der Waals surface area (Å²) in [7, 11) is 1.68. The molecule has 0 aliphatic rings. The Morgan fingerprint density at radius 1 is 1.07 bits per heavy atom. The number of ether oxygens (including phenoxy) is 1. The van der Waals surface area contributed by atoms with Crippen LogP contribution in [0.2, 0.25) is 0 Å². The zero-order chi connectivity index (χ0) is 19.0. The Labute approximate surface area is 156 Å². The highest BCUT2D eigenvalue weighted by Crippen LogP contribution is 2.26. The van der Waals surface area contributed by atoms with Crippen LogP contribution in [0, 0.1) is 13.8 Å². The largest absolute Gasteiger partial charge is 0.380 e. The minimum atomic E-state index is -0.168. The third kappa shape index (κ3) is 2.84. The predicted octanol–water partition coefficient (Wildman–Crippen LogP) is 3.33. The maximum absolute atomic E-state index is 13.1. The Bertz CT molecular complexity index is 1180. The van der Waals surface area contributed by atoms with Crippen LogP contribution in [-0.4, -0.2) is 26.4 Å². The maximum atomic E-state index is 13.1. The number of benzene rings is 1. The van der Waals surface area contributed by atoms with E-state index in [2.05, 4.69) is 20.7 Å². The van der Waals surface area contributed by atoms with E-state index in [4.69, 9.17) is 4.74 Å². The summed E-state index contributed by atoms with van der Waals surface area (Å²) >= 11 is 0. The smallest absolute Gasteiger partial charge is 0.282 e. The molecule has 0 spiro atoms. The topological polar surface area (TPSA) is 61.9 Å². The monoisotopic (exact) mass is 360 g/mol. The molecular formula is C21H20N4O2. The molecule has 0 aliphatic heterocycles. The molecule has 136 valence electrons. The second-order valence-corrected chi connectivity index (χ2v) is 6.45. The van der Waals surface area contributed by atoms with Crippen molar-refractivity contribution in [2.75, 3.05) is 7.11 Å². The van der Waals surface area contributed by atoms with Gasteiger partial charge in [-0.3, -0.25) is 4.79 Å². The number of pyridine rings is 1. The fourth-order valence-corrected chi connectivity index (χ4v) is 3.54. The third-order valence-electron chi connectivity index (χ3n) is 4.75. The van der Waals surface area contributed by atoms with Crippen molar-refractivity contribution >= 4 is 10.8 Å². The molecule has 0 unspecified atom stereocenters. The number of hydrogen-bond acceptors (Lipinski definition) is 4. The van der Waals surface area contributed by atoms with Gasteiger partial charge in [0, 0.05) is 35.8 Å². The lowest BCUT2D eigenvalue weighted by Gasteiger charge is -2.11. The van der Waals surface area contributed by atoms with Crippen molar-refractivity contribution in [1.29, 1.82) is 0 Å². The number of aryl methyl sites for hydroxylation is 2. The highest BCUT2D eigenvalue weighted by atomic mass is 16.5. The van der Waals surface area contributed by atoms with Crippen LogP contribution >= 0.6 is 0 Å². The molecule has 3 heterocycles. The van der Waals surface area contributed by atoms with Crippen molar-refractivity contribution in [3.63, 3.8) is 0 Å². The highest BCUT2D eigenvalue weighted by Gasteiger charge is 2.18. The summed E-state index contributed by atoms with van der Waals surface area (Å²) in [6, 6.07) is 13.6. The molecule has 6 heteroatoms. The molecule has 0 saturated heterocycles. The standard InChI is InChI=1S/C21H20N4O2/c1-14-18-12-23-25(19-9-4-5-10-22-19)21(26)20(18)15(2)24(14)17-8-6-7-16(11-17)13-27-3/h4-12H,13H2,1-3H3. The molecule has 6 nitrogen and oxygen atoms in total. The summed E-state index contributed by atoms with van der Waals surface area (Å²) < 4.78 is 8.68. The van der Waals surface area contributed by atoms with Crippen molar-refractivity contribution in [1.82, 2.24) is 19.3 Å².